The minimum Gasteiger partial charge on any atom is -0.435 e. The Morgan fingerprint density at radius 2 is 1.97 bits per heavy atom. The standard InChI is InChI=1S/C20H21F2N5O2S/c1-3-13-6-4-5-12(2)17(13)24-16(28)11-30-20-26-25-18(27(20)23)14-7-9-15(10-8-14)29-19(21)22/h4-10,19H,3,11,23H2,1-2H3,(H,24,28). The third kappa shape index (κ3) is 5.07. The van der Waals surface area contributed by atoms with Crippen molar-refractivity contribution >= 4 is 23.4 Å². The summed E-state index contributed by atoms with van der Waals surface area (Å²) in [6.45, 7) is 1.09. The second-order valence-electron chi connectivity index (χ2n) is 6.38. The largest absolute Gasteiger partial charge is 0.435 e. The Morgan fingerprint density at radius 3 is 2.63 bits per heavy atom. The molecular formula is C20H21F2N5O2S. The third-order valence-corrected chi connectivity index (χ3v) is 5.28. The number of alkyl halides is 2. The molecule has 3 aromatic rings. The molecule has 0 unspecified atom stereocenters. The minimum absolute atomic E-state index is 0.0331. The van der Waals surface area contributed by atoms with Crippen LogP contribution in [-0.4, -0.2) is 33.1 Å². The first-order valence-electron chi connectivity index (χ1n) is 9.16. The quantitative estimate of drug-likeness (QED) is 0.414. The van der Waals surface area contributed by atoms with E-state index in [0.29, 0.717) is 16.5 Å². The highest BCUT2D eigenvalue weighted by atomic mass is 32.2. The number of nitrogens with zero attached hydrogens (tertiary/aromatic N) is 3. The summed E-state index contributed by atoms with van der Waals surface area (Å²) >= 11 is 1.15. The molecule has 3 N–H and O–H groups in total. The van der Waals surface area contributed by atoms with Gasteiger partial charge in [0.15, 0.2) is 5.82 Å². The fourth-order valence-corrected chi connectivity index (χ4v) is 3.52. The van der Waals surface area contributed by atoms with E-state index in [1.54, 1.807) is 12.1 Å². The number of hydrogen-bond acceptors (Lipinski definition) is 6. The highest BCUT2D eigenvalue weighted by molar-refractivity contribution is 7.99. The van der Waals surface area contributed by atoms with Gasteiger partial charge in [0.25, 0.3) is 0 Å². The van der Waals surface area contributed by atoms with Crippen molar-refractivity contribution in [1.82, 2.24) is 14.9 Å². The van der Waals surface area contributed by atoms with E-state index in [-0.39, 0.29) is 17.4 Å². The highest BCUT2D eigenvalue weighted by Gasteiger charge is 2.15. The minimum atomic E-state index is -2.89. The Bertz CT molecular complexity index is 1020. The number of halogens is 2. The number of nitrogens with two attached hydrogens (primary N) is 1. The fourth-order valence-electron chi connectivity index (χ4n) is 2.87. The molecular weight excluding hydrogens is 412 g/mol. The van der Waals surface area contributed by atoms with Gasteiger partial charge in [0.05, 0.1) is 5.75 Å². The van der Waals surface area contributed by atoms with Crippen LogP contribution in [0, 0.1) is 6.92 Å². The summed E-state index contributed by atoms with van der Waals surface area (Å²) in [4.78, 5) is 12.4. The lowest BCUT2D eigenvalue weighted by molar-refractivity contribution is -0.113. The second-order valence-corrected chi connectivity index (χ2v) is 7.32. The number of anilines is 1. The molecule has 0 saturated carbocycles. The Morgan fingerprint density at radius 1 is 1.23 bits per heavy atom. The third-order valence-electron chi connectivity index (χ3n) is 4.34. The zero-order valence-corrected chi connectivity index (χ0v) is 17.2. The number of carbonyl (C=O) groups excluding carboxylic acids is 1. The lowest BCUT2D eigenvalue weighted by Crippen LogP contribution is -2.17. The number of hydrogen-bond donors (Lipinski definition) is 2. The van der Waals surface area contributed by atoms with Gasteiger partial charge in [-0.2, -0.15) is 8.78 Å². The van der Waals surface area contributed by atoms with Crippen molar-refractivity contribution in [2.24, 2.45) is 0 Å². The van der Waals surface area contributed by atoms with Crippen LogP contribution < -0.4 is 15.9 Å². The van der Waals surface area contributed by atoms with Gasteiger partial charge in [0.1, 0.15) is 5.75 Å². The zero-order valence-electron chi connectivity index (χ0n) is 16.4. The maximum Gasteiger partial charge on any atom is 0.387 e. The summed E-state index contributed by atoms with van der Waals surface area (Å²) in [6, 6.07) is 11.8. The molecule has 0 spiro atoms. The van der Waals surface area contributed by atoms with Crippen LogP contribution in [0.4, 0.5) is 14.5 Å². The lowest BCUT2D eigenvalue weighted by atomic mass is 10.1. The fraction of sp³-hybridized carbons (Fsp3) is 0.250. The van der Waals surface area contributed by atoms with Gasteiger partial charge in [-0.15, -0.1) is 10.2 Å². The molecule has 2 aromatic carbocycles. The maximum absolute atomic E-state index is 12.4. The van der Waals surface area contributed by atoms with Crippen molar-refractivity contribution in [2.45, 2.75) is 32.0 Å². The summed E-state index contributed by atoms with van der Waals surface area (Å²) in [5.74, 6) is 6.35. The number of nitrogen functional groups attached to an aromatic ring is 1. The Balaban J connectivity index is 1.65. The van der Waals surface area contributed by atoms with E-state index in [0.717, 1.165) is 35.0 Å². The average Bonchev–Trinajstić information content (AvgIpc) is 3.08. The van der Waals surface area contributed by atoms with Crippen LogP contribution in [0.2, 0.25) is 0 Å². The van der Waals surface area contributed by atoms with Crippen LogP contribution in [0.15, 0.2) is 47.6 Å². The van der Waals surface area contributed by atoms with Crippen molar-refractivity contribution in [1.29, 1.82) is 0 Å². The number of ether oxygens (including phenoxy) is 1. The normalized spacial score (nSPS) is 11.0. The lowest BCUT2D eigenvalue weighted by Gasteiger charge is -2.12. The zero-order chi connectivity index (χ0) is 21.7. The molecule has 0 aliphatic heterocycles. The number of thioether (sulfide) groups is 1. The summed E-state index contributed by atoms with van der Waals surface area (Å²) in [7, 11) is 0. The van der Waals surface area contributed by atoms with Gasteiger partial charge in [-0.05, 0) is 48.7 Å². The van der Waals surface area contributed by atoms with E-state index in [9.17, 15) is 13.6 Å². The van der Waals surface area contributed by atoms with Crippen LogP contribution >= 0.6 is 11.8 Å². The monoisotopic (exact) mass is 433 g/mol. The van der Waals surface area contributed by atoms with Gasteiger partial charge in [0, 0.05) is 11.3 Å². The van der Waals surface area contributed by atoms with Gasteiger partial charge in [-0.3, -0.25) is 4.79 Å². The Labute approximate surface area is 176 Å². The van der Waals surface area contributed by atoms with E-state index in [4.69, 9.17) is 5.84 Å². The molecule has 1 amide bonds. The molecule has 0 aliphatic rings. The van der Waals surface area contributed by atoms with E-state index in [1.165, 1.54) is 16.8 Å². The van der Waals surface area contributed by atoms with Crippen molar-refractivity contribution in [3.05, 3.63) is 53.6 Å². The van der Waals surface area contributed by atoms with Crippen LogP contribution in [0.3, 0.4) is 0 Å². The van der Waals surface area contributed by atoms with Crippen molar-refractivity contribution in [3.8, 4) is 17.1 Å². The number of carbonyl (C=O) groups is 1. The number of para-hydroxylation sites is 1. The molecule has 0 aliphatic carbocycles. The predicted molar refractivity (Wildman–Crippen MR) is 112 cm³/mol. The number of rotatable bonds is 8. The van der Waals surface area contributed by atoms with Crippen LogP contribution in [0.5, 0.6) is 5.75 Å². The van der Waals surface area contributed by atoms with E-state index < -0.39 is 6.61 Å². The molecule has 0 fully saturated rings. The molecule has 0 saturated heterocycles. The van der Waals surface area contributed by atoms with Crippen molar-refractivity contribution in [2.75, 3.05) is 16.9 Å². The maximum atomic E-state index is 12.4. The molecule has 0 bridgehead atoms. The smallest absolute Gasteiger partial charge is 0.387 e. The van der Waals surface area contributed by atoms with E-state index in [2.05, 4.69) is 20.3 Å². The van der Waals surface area contributed by atoms with E-state index >= 15 is 0 Å². The summed E-state index contributed by atoms with van der Waals surface area (Å²) < 4.78 is 30.1. The first-order valence-corrected chi connectivity index (χ1v) is 10.1. The summed E-state index contributed by atoms with van der Waals surface area (Å²) in [6.07, 6.45) is 0.812. The van der Waals surface area contributed by atoms with Gasteiger partial charge in [0.2, 0.25) is 11.1 Å². The topological polar surface area (TPSA) is 95.1 Å². The number of nitrogens with one attached hydrogen (secondary N) is 1. The Hall–Kier alpha value is -3.14. The average molecular weight is 433 g/mol. The predicted octanol–water partition coefficient (Wildman–Crippen LogP) is 3.86. The van der Waals surface area contributed by atoms with Gasteiger partial charge in [-0.25, -0.2) is 4.68 Å². The van der Waals surface area contributed by atoms with Gasteiger partial charge >= 0.3 is 6.61 Å². The van der Waals surface area contributed by atoms with Crippen molar-refractivity contribution < 1.29 is 18.3 Å². The molecule has 1 aromatic heterocycles. The van der Waals surface area contributed by atoms with E-state index in [1.807, 2.05) is 32.0 Å². The first-order chi connectivity index (χ1) is 14.4. The number of benzene rings is 2. The first kappa shape index (κ1) is 21.6. The summed E-state index contributed by atoms with van der Waals surface area (Å²) in [5.41, 5.74) is 3.47. The molecule has 1 heterocycles. The molecule has 10 heteroatoms. The van der Waals surface area contributed by atoms with Crippen molar-refractivity contribution in [3.63, 3.8) is 0 Å². The SMILES string of the molecule is CCc1cccc(C)c1NC(=O)CSc1nnc(-c2ccc(OC(F)F)cc2)n1N. The van der Waals surface area contributed by atoms with Crippen LogP contribution in [0.1, 0.15) is 18.1 Å². The molecule has 3 rings (SSSR count). The van der Waals surface area contributed by atoms with Crippen LogP contribution in [0.25, 0.3) is 11.4 Å². The van der Waals surface area contributed by atoms with Gasteiger partial charge in [-0.1, -0.05) is 36.9 Å². The molecule has 0 radical (unpaired) electrons. The molecule has 30 heavy (non-hydrogen) atoms. The Kier molecular flexibility index (Phi) is 6.88. The molecule has 158 valence electrons. The van der Waals surface area contributed by atoms with Crippen LogP contribution in [-0.2, 0) is 11.2 Å². The second kappa shape index (κ2) is 9.57. The number of aromatic nitrogens is 3. The highest BCUT2D eigenvalue weighted by Crippen LogP contribution is 2.25. The number of amides is 1. The number of aryl methyl sites for hydroxylation is 2. The summed E-state index contributed by atoms with van der Waals surface area (Å²) in [5, 5.41) is 11.3. The molecule has 7 nitrogen and oxygen atoms in total. The van der Waals surface area contributed by atoms with Gasteiger partial charge < -0.3 is 15.9 Å². The molecule has 0 atom stereocenters.